The van der Waals surface area contributed by atoms with Gasteiger partial charge in [0.05, 0.1) is 59.3 Å². The summed E-state index contributed by atoms with van der Waals surface area (Å²) in [6.45, 7) is 19.0. The van der Waals surface area contributed by atoms with Gasteiger partial charge in [-0.05, 0) is 97.8 Å². The second-order valence-corrected chi connectivity index (χ2v) is 16.2. The number of cyclic esters (lactones) is 1. The molecule has 57 heavy (non-hydrogen) atoms. The van der Waals surface area contributed by atoms with E-state index in [1.165, 1.54) is 27.8 Å². The maximum atomic E-state index is 10.9. The molecule has 312 valence electrons. The van der Waals surface area contributed by atoms with Crippen LogP contribution in [0.3, 0.4) is 0 Å². The van der Waals surface area contributed by atoms with E-state index in [1.807, 2.05) is 45.9 Å². The van der Waals surface area contributed by atoms with Crippen molar-refractivity contribution in [3.63, 3.8) is 0 Å². The molecule has 0 radical (unpaired) electrons. The number of hydrogen-bond acceptors (Lipinski definition) is 9. The highest BCUT2D eigenvalue weighted by molar-refractivity contribution is 9.10. The van der Waals surface area contributed by atoms with Gasteiger partial charge in [0, 0.05) is 34.0 Å². The van der Waals surface area contributed by atoms with Gasteiger partial charge in [-0.2, -0.15) is 0 Å². The van der Waals surface area contributed by atoms with Crippen LogP contribution in [0.4, 0.5) is 0 Å². The highest BCUT2D eigenvalue weighted by Crippen LogP contribution is 2.36. The van der Waals surface area contributed by atoms with Crippen molar-refractivity contribution in [2.75, 3.05) is 6.61 Å². The maximum Gasteiger partial charge on any atom is 0.486 e. The summed E-state index contributed by atoms with van der Waals surface area (Å²) in [5.74, 6) is 1.17. The highest BCUT2D eigenvalue weighted by Gasteiger charge is 2.49. The number of aliphatic hydroxyl groups is 1. The molecule has 2 fully saturated rings. The van der Waals surface area contributed by atoms with Crippen LogP contribution in [0.2, 0.25) is 0 Å². The minimum Gasteiger partial charge on any atom is -0.457 e. The molecular weight excluding hydrogens is 925 g/mol. The second kappa shape index (κ2) is 23.6. The number of fused-ring (bicyclic) bond motifs is 3. The molecule has 0 aliphatic carbocycles. The Balaban J connectivity index is 0.000000354. The Labute approximate surface area is 365 Å². The third-order valence-electron chi connectivity index (χ3n) is 9.35. The smallest absolute Gasteiger partial charge is 0.457 e. The molecule has 14 heteroatoms. The number of aliphatic hydroxyl groups excluding tert-OH is 1. The molecule has 0 unspecified atom stereocenters. The van der Waals surface area contributed by atoms with Gasteiger partial charge in [-0.25, -0.2) is 8.72 Å². The van der Waals surface area contributed by atoms with Crippen LogP contribution in [0.5, 0.6) is 0 Å². The van der Waals surface area contributed by atoms with Gasteiger partial charge < -0.3 is 28.6 Å². The van der Waals surface area contributed by atoms with Crippen molar-refractivity contribution < 1.29 is 43.0 Å². The second-order valence-electron chi connectivity index (χ2n) is 13.7. The fourth-order valence-electron chi connectivity index (χ4n) is 5.52. The van der Waals surface area contributed by atoms with Crippen molar-refractivity contribution in [2.24, 2.45) is 0 Å². The van der Waals surface area contributed by atoms with Crippen molar-refractivity contribution >= 4 is 79.0 Å². The minimum absolute atomic E-state index is 0. The molecule has 10 nitrogen and oxygen atoms in total. The monoisotopic (exact) mass is 979 g/mol. The fourth-order valence-corrected chi connectivity index (χ4v) is 6.87. The number of ether oxygens (including phenoxy) is 3. The summed E-state index contributed by atoms with van der Waals surface area (Å²) < 4.78 is 29.6. The number of rotatable bonds is 4. The largest absolute Gasteiger partial charge is 0.486 e. The van der Waals surface area contributed by atoms with Gasteiger partial charge in [-0.15, -0.1) is 6.58 Å². The van der Waals surface area contributed by atoms with E-state index in [4.69, 9.17) is 28.6 Å². The van der Waals surface area contributed by atoms with Crippen LogP contribution in [0.15, 0.2) is 76.6 Å². The SMILES string of the molecule is C.C.C.C=CB1OC(C)(C)C(C)(C)O1.C=Cc1ccc2c(c1)COC2.O=C1CCC(=O)N1Br.O=C1OCc2cc(Br)ccc21.OCCc1cc2c(cc1Br)COC2. The standard InChI is InChI=1S/C10H11BrO2.C10H10O.C8H15BO2.C8H5BrO2.C4H4BrNO2.3CH4/c11-10-4-9-6-13-5-8(9)3-7(10)1-2-12;1-2-8-3-4-9-6-11-7-10(9)5-8;1-6-9-10-7(2,3)8(4,5)11-9;9-6-1-2-7-5(3-6)4-11-8(7)10;5-6-3(7)1-2-4(6)8;;;/h3-4,12H,1-2,5-6H2;2-5H,1,6-7H2;6H,1H2,2-5H3;1-3H,4H2;1-2H2;3*1H4. The Bertz CT molecular complexity index is 1840. The zero-order valence-electron chi connectivity index (χ0n) is 30.9. The lowest BCUT2D eigenvalue weighted by atomic mass is 9.90. The molecule has 2 amide bonds. The first-order valence-corrected chi connectivity index (χ1v) is 19.6. The summed E-state index contributed by atoms with van der Waals surface area (Å²) in [7, 11) is -0.250. The number of imide groups is 1. The first-order chi connectivity index (χ1) is 25.6. The summed E-state index contributed by atoms with van der Waals surface area (Å²) in [5, 5.41) is 8.84. The zero-order valence-corrected chi connectivity index (χ0v) is 35.7. The van der Waals surface area contributed by atoms with Crippen LogP contribution in [-0.4, -0.2) is 51.7 Å². The van der Waals surface area contributed by atoms with E-state index in [0.717, 1.165) is 37.2 Å². The lowest BCUT2D eigenvalue weighted by molar-refractivity contribution is -0.131. The Hall–Kier alpha value is -2.95. The lowest BCUT2D eigenvalue weighted by Crippen LogP contribution is -2.41. The predicted molar refractivity (Wildman–Crippen MR) is 238 cm³/mol. The molecule has 0 aromatic heterocycles. The van der Waals surface area contributed by atoms with Gasteiger partial charge >= 0.3 is 13.1 Å². The van der Waals surface area contributed by atoms with Gasteiger partial charge in [-0.3, -0.25) is 9.59 Å². The van der Waals surface area contributed by atoms with Gasteiger partial charge in [-0.1, -0.05) is 91.0 Å². The molecule has 3 aromatic rings. The molecule has 5 heterocycles. The topological polar surface area (TPSA) is 121 Å². The molecule has 1 N–H and O–H groups in total. The van der Waals surface area contributed by atoms with Gasteiger partial charge in [0.2, 0.25) is 11.8 Å². The fraction of sp³-hybridized carbons (Fsp3) is 0.419. The average Bonchev–Trinajstić information content (AvgIpc) is 3.97. The molecule has 0 spiro atoms. The third kappa shape index (κ3) is 14.1. The van der Waals surface area contributed by atoms with Crippen molar-refractivity contribution in [1.29, 1.82) is 0 Å². The Morgan fingerprint density at radius 1 is 0.754 bits per heavy atom. The van der Waals surface area contributed by atoms with Crippen LogP contribution in [0.1, 0.15) is 112 Å². The zero-order chi connectivity index (χ0) is 39.6. The van der Waals surface area contributed by atoms with Gasteiger partial charge in [0.25, 0.3) is 0 Å². The summed E-state index contributed by atoms with van der Waals surface area (Å²) >= 11 is 9.61. The number of nitrogens with zero attached hydrogens (tertiary/aromatic N) is 1. The van der Waals surface area contributed by atoms with Crippen LogP contribution in [0.25, 0.3) is 6.08 Å². The number of carbonyl (C=O) groups is 3. The summed E-state index contributed by atoms with van der Waals surface area (Å²) in [4.78, 5) is 31.8. The van der Waals surface area contributed by atoms with Crippen molar-refractivity contribution in [1.82, 2.24) is 3.93 Å². The first-order valence-electron chi connectivity index (χ1n) is 17.3. The summed E-state index contributed by atoms with van der Waals surface area (Å²) in [6, 6.07) is 16.0. The van der Waals surface area contributed by atoms with Gasteiger partial charge in [0.1, 0.15) is 6.61 Å². The molecular formula is C43H57BBr3NO9. The third-order valence-corrected chi connectivity index (χ3v) is 11.4. The van der Waals surface area contributed by atoms with E-state index in [2.05, 4.69) is 91.5 Å². The molecule has 8 rings (SSSR count). The van der Waals surface area contributed by atoms with Crippen molar-refractivity contribution in [3.05, 3.63) is 121 Å². The molecule has 0 saturated carbocycles. The normalized spacial score (nSPS) is 17.0. The lowest BCUT2D eigenvalue weighted by Gasteiger charge is -2.32. The van der Waals surface area contributed by atoms with E-state index in [1.54, 1.807) is 12.0 Å². The number of carbonyl (C=O) groups excluding carboxylic acids is 3. The van der Waals surface area contributed by atoms with Crippen LogP contribution < -0.4 is 0 Å². The van der Waals surface area contributed by atoms with E-state index in [0.29, 0.717) is 44.6 Å². The van der Waals surface area contributed by atoms with E-state index in [-0.39, 0.29) is 65.0 Å². The van der Waals surface area contributed by atoms with Crippen LogP contribution >= 0.6 is 48.0 Å². The number of esters is 1. The number of hydrogen-bond donors (Lipinski definition) is 1. The van der Waals surface area contributed by atoms with Crippen LogP contribution in [-0.2, 0) is 72.6 Å². The quantitative estimate of drug-likeness (QED) is 0.118. The minimum atomic E-state index is -0.250. The maximum absolute atomic E-state index is 10.9. The number of amides is 2. The first kappa shape index (κ1) is 52.1. The van der Waals surface area contributed by atoms with Crippen LogP contribution in [0, 0.1) is 0 Å². The molecule has 5 aliphatic heterocycles. The van der Waals surface area contributed by atoms with E-state index in [9.17, 15) is 14.4 Å². The predicted octanol–water partition coefficient (Wildman–Crippen LogP) is 10.7. The highest BCUT2D eigenvalue weighted by atomic mass is 79.9. The van der Waals surface area contributed by atoms with Gasteiger partial charge in [0.15, 0.2) is 0 Å². The summed E-state index contributed by atoms with van der Waals surface area (Å²) in [6.07, 6.45) is 3.26. The Morgan fingerprint density at radius 3 is 1.79 bits per heavy atom. The molecule has 2 saturated heterocycles. The molecule has 3 aromatic carbocycles. The van der Waals surface area contributed by atoms with E-state index < -0.39 is 0 Å². The Kier molecular flexibility index (Phi) is 21.6. The van der Waals surface area contributed by atoms with E-state index >= 15 is 0 Å². The molecule has 0 bridgehead atoms. The van der Waals surface area contributed by atoms with Crippen molar-refractivity contribution in [2.45, 2.75) is 113 Å². The average molecular weight is 982 g/mol. The van der Waals surface area contributed by atoms with Crippen molar-refractivity contribution in [3.8, 4) is 0 Å². The molecule has 0 atom stereocenters. The molecule has 5 aliphatic rings. The Morgan fingerprint density at radius 2 is 1.30 bits per heavy atom. The number of halogens is 3. The summed E-state index contributed by atoms with van der Waals surface area (Å²) in [5.41, 5.74) is 8.66. The number of benzene rings is 3.